The summed E-state index contributed by atoms with van der Waals surface area (Å²) in [6, 6.07) is 6.99. The van der Waals surface area contributed by atoms with Crippen LogP contribution in [0.5, 0.6) is 5.75 Å². The zero-order chi connectivity index (χ0) is 19.1. The number of benzene rings is 1. The van der Waals surface area contributed by atoms with E-state index >= 15 is 0 Å². The summed E-state index contributed by atoms with van der Waals surface area (Å²) < 4.78 is 5.54. The number of carbonyl (C=O) groups excluding carboxylic acids is 1. The maximum atomic E-state index is 12.4. The molecule has 1 aromatic rings. The first-order valence-corrected chi connectivity index (χ1v) is 10.9. The van der Waals surface area contributed by atoms with Gasteiger partial charge in [0.15, 0.2) is 0 Å². The number of carbonyl (C=O) groups is 1. The summed E-state index contributed by atoms with van der Waals surface area (Å²) in [6.07, 6.45) is 10.4. The number of hydrogen-bond donors (Lipinski definition) is 1. The van der Waals surface area contributed by atoms with Gasteiger partial charge in [-0.05, 0) is 62.3 Å². The van der Waals surface area contributed by atoms with Gasteiger partial charge in [0.25, 0.3) is 0 Å². The Bertz CT molecular complexity index is 610. The van der Waals surface area contributed by atoms with Crippen LogP contribution in [-0.2, 0) is 17.6 Å². The van der Waals surface area contributed by atoms with Crippen molar-refractivity contribution in [3.63, 3.8) is 0 Å². The van der Waals surface area contributed by atoms with Gasteiger partial charge < -0.3 is 10.1 Å². The Morgan fingerprint density at radius 1 is 1.19 bits per heavy atom. The highest BCUT2D eigenvalue weighted by atomic mass is 16.5. The van der Waals surface area contributed by atoms with Crippen LogP contribution < -0.4 is 10.1 Å². The largest absolute Gasteiger partial charge is 0.496 e. The van der Waals surface area contributed by atoms with E-state index in [1.807, 2.05) is 0 Å². The minimum atomic E-state index is 0.257. The lowest BCUT2D eigenvalue weighted by molar-refractivity contribution is -0.126. The third-order valence-electron chi connectivity index (χ3n) is 6.33. The number of methoxy groups -OCH3 is 1. The molecule has 27 heavy (non-hydrogen) atoms. The summed E-state index contributed by atoms with van der Waals surface area (Å²) in [4.78, 5) is 15.0. The Kier molecular flexibility index (Phi) is 7.57. The van der Waals surface area contributed by atoms with Crippen molar-refractivity contribution < 1.29 is 9.53 Å². The first-order chi connectivity index (χ1) is 13.2. The van der Waals surface area contributed by atoms with Gasteiger partial charge in [-0.25, -0.2) is 0 Å². The molecule has 1 N–H and O–H groups in total. The molecule has 0 aliphatic heterocycles. The molecule has 1 saturated carbocycles. The topological polar surface area (TPSA) is 41.6 Å². The van der Waals surface area contributed by atoms with Crippen LogP contribution in [0, 0.1) is 5.92 Å². The molecule has 0 spiro atoms. The smallest absolute Gasteiger partial charge is 0.223 e. The van der Waals surface area contributed by atoms with Crippen LogP contribution in [0.1, 0.15) is 63.0 Å². The van der Waals surface area contributed by atoms with Gasteiger partial charge in [-0.1, -0.05) is 38.3 Å². The van der Waals surface area contributed by atoms with E-state index in [1.165, 1.54) is 36.8 Å². The van der Waals surface area contributed by atoms with Gasteiger partial charge in [0.2, 0.25) is 5.91 Å². The monoisotopic (exact) mass is 372 g/mol. The summed E-state index contributed by atoms with van der Waals surface area (Å²) in [5.41, 5.74) is 2.82. The second-order valence-corrected chi connectivity index (χ2v) is 8.16. The molecule has 0 saturated heterocycles. The van der Waals surface area contributed by atoms with Crippen LogP contribution in [-0.4, -0.2) is 43.6 Å². The number of hydrogen-bond acceptors (Lipinski definition) is 3. The van der Waals surface area contributed by atoms with Gasteiger partial charge in [0.05, 0.1) is 7.11 Å². The molecule has 1 amide bonds. The number of nitrogens with one attached hydrogen (secondary N) is 1. The molecular weight excluding hydrogens is 336 g/mol. The second kappa shape index (κ2) is 10.1. The zero-order valence-corrected chi connectivity index (χ0v) is 17.1. The third-order valence-corrected chi connectivity index (χ3v) is 6.33. The molecule has 0 radical (unpaired) electrons. The third kappa shape index (κ3) is 5.25. The molecule has 3 rings (SSSR count). The standard InChI is InChI=1S/C23H36N2O2/c1-3-15-25(16-14-24-23(26)18-8-5-4-6-9-18)20-12-13-21-19(17-20)10-7-11-22(21)27-2/h7,10-11,18,20H,3-6,8-9,12-17H2,1-2H3,(H,24,26). The number of nitrogens with zero attached hydrogens (tertiary/aromatic N) is 1. The molecular formula is C23H36N2O2. The van der Waals surface area contributed by atoms with Crippen molar-refractivity contribution in [2.75, 3.05) is 26.7 Å². The van der Waals surface area contributed by atoms with Crippen molar-refractivity contribution in [3.8, 4) is 5.75 Å². The molecule has 1 aromatic carbocycles. The first kappa shape index (κ1) is 20.2. The molecule has 0 aromatic heterocycles. The van der Waals surface area contributed by atoms with Crippen LogP contribution in [0.25, 0.3) is 0 Å². The lowest BCUT2D eigenvalue weighted by Crippen LogP contribution is -2.45. The van der Waals surface area contributed by atoms with Crippen LogP contribution in [0.4, 0.5) is 0 Å². The number of rotatable bonds is 8. The van der Waals surface area contributed by atoms with Crippen LogP contribution in [0.3, 0.4) is 0 Å². The lowest BCUT2D eigenvalue weighted by Gasteiger charge is -2.35. The Balaban J connectivity index is 1.53. The number of fused-ring (bicyclic) bond motifs is 1. The van der Waals surface area contributed by atoms with Crippen molar-refractivity contribution >= 4 is 5.91 Å². The van der Waals surface area contributed by atoms with Gasteiger partial charge in [-0.15, -0.1) is 0 Å². The minimum absolute atomic E-state index is 0.257. The van der Waals surface area contributed by atoms with Gasteiger partial charge in [-0.3, -0.25) is 9.69 Å². The Labute approximate surface area is 164 Å². The predicted octanol–water partition coefficient (Wildman–Crippen LogP) is 3.96. The molecule has 2 aliphatic rings. The fourth-order valence-electron chi connectivity index (χ4n) is 4.85. The molecule has 1 fully saturated rings. The fourth-order valence-corrected chi connectivity index (χ4v) is 4.85. The van der Waals surface area contributed by atoms with Crippen LogP contribution in [0.2, 0.25) is 0 Å². The van der Waals surface area contributed by atoms with Crippen molar-refractivity contribution in [1.29, 1.82) is 0 Å². The minimum Gasteiger partial charge on any atom is -0.496 e. The Morgan fingerprint density at radius 2 is 2.00 bits per heavy atom. The van der Waals surface area contributed by atoms with Crippen molar-refractivity contribution in [2.24, 2.45) is 5.92 Å². The summed E-state index contributed by atoms with van der Waals surface area (Å²) in [5, 5.41) is 3.22. The van der Waals surface area contributed by atoms with Crippen molar-refractivity contribution in [3.05, 3.63) is 29.3 Å². The highest BCUT2D eigenvalue weighted by Crippen LogP contribution is 2.31. The quantitative estimate of drug-likeness (QED) is 0.751. The summed E-state index contributed by atoms with van der Waals surface area (Å²) in [5.74, 6) is 1.57. The van der Waals surface area contributed by atoms with E-state index in [2.05, 4.69) is 35.3 Å². The Hall–Kier alpha value is -1.55. The molecule has 1 unspecified atom stereocenters. The maximum absolute atomic E-state index is 12.4. The molecule has 0 bridgehead atoms. The average molecular weight is 373 g/mol. The van der Waals surface area contributed by atoms with Crippen molar-refractivity contribution in [2.45, 2.75) is 70.8 Å². The van der Waals surface area contributed by atoms with E-state index in [0.29, 0.717) is 6.04 Å². The maximum Gasteiger partial charge on any atom is 0.223 e. The van der Waals surface area contributed by atoms with Gasteiger partial charge >= 0.3 is 0 Å². The molecule has 150 valence electrons. The highest BCUT2D eigenvalue weighted by Gasteiger charge is 2.26. The number of ether oxygens (including phenoxy) is 1. The summed E-state index contributed by atoms with van der Waals surface area (Å²) >= 11 is 0. The molecule has 1 atom stereocenters. The molecule has 4 heteroatoms. The highest BCUT2D eigenvalue weighted by molar-refractivity contribution is 5.78. The van der Waals surface area contributed by atoms with E-state index in [9.17, 15) is 4.79 Å². The van der Waals surface area contributed by atoms with E-state index in [4.69, 9.17) is 4.74 Å². The SMILES string of the molecule is CCCN(CCNC(=O)C1CCCCC1)C1CCc2c(cccc2OC)C1. The van der Waals surface area contributed by atoms with Gasteiger partial charge in [-0.2, -0.15) is 0 Å². The van der Waals surface area contributed by atoms with Crippen LogP contribution >= 0.6 is 0 Å². The lowest BCUT2D eigenvalue weighted by atomic mass is 9.86. The average Bonchev–Trinajstić information content (AvgIpc) is 2.72. The molecule has 0 heterocycles. The summed E-state index contributed by atoms with van der Waals surface area (Å²) in [6.45, 7) is 5.07. The normalized spacial score (nSPS) is 20.3. The Morgan fingerprint density at radius 3 is 2.74 bits per heavy atom. The van der Waals surface area contributed by atoms with Crippen molar-refractivity contribution in [1.82, 2.24) is 10.2 Å². The second-order valence-electron chi connectivity index (χ2n) is 8.16. The molecule has 4 nitrogen and oxygen atoms in total. The van der Waals surface area contributed by atoms with E-state index in [0.717, 1.165) is 57.5 Å². The van der Waals surface area contributed by atoms with Crippen LogP contribution in [0.15, 0.2) is 18.2 Å². The van der Waals surface area contributed by atoms with E-state index in [1.54, 1.807) is 7.11 Å². The first-order valence-electron chi connectivity index (χ1n) is 10.9. The fraction of sp³-hybridized carbons (Fsp3) is 0.696. The van der Waals surface area contributed by atoms with E-state index < -0.39 is 0 Å². The molecule has 2 aliphatic carbocycles. The van der Waals surface area contributed by atoms with E-state index in [-0.39, 0.29) is 11.8 Å². The summed E-state index contributed by atoms with van der Waals surface area (Å²) in [7, 11) is 1.76. The zero-order valence-electron chi connectivity index (χ0n) is 17.1. The van der Waals surface area contributed by atoms with Gasteiger partial charge in [0, 0.05) is 25.0 Å². The predicted molar refractivity (Wildman–Crippen MR) is 110 cm³/mol. The van der Waals surface area contributed by atoms with Gasteiger partial charge in [0.1, 0.15) is 5.75 Å². The number of amides is 1.